The molecule has 0 saturated heterocycles. The molecule has 2 amide bonds. The molecule has 9 heteroatoms. The minimum absolute atomic E-state index is 0.0937. The van der Waals surface area contributed by atoms with Gasteiger partial charge in [-0.25, -0.2) is 0 Å². The zero-order valence-electron chi connectivity index (χ0n) is 27.4. The number of likely N-dealkylation sites (N-methyl/N-ethyl adjacent to an activating group) is 1. The van der Waals surface area contributed by atoms with Crippen LogP contribution < -0.4 is 20.5 Å². The number of benzene rings is 4. The number of nitrogens with two attached hydrogens (primary N) is 1. The fourth-order valence-corrected chi connectivity index (χ4v) is 5.73. The predicted molar refractivity (Wildman–Crippen MR) is 184 cm³/mol. The maximum Gasteiger partial charge on any atom is 0.258 e. The van der Waals surface area contributed by atoms with Crippen LogP contribution in [0, 0.1) is 12.8 Å². The first-order valence-electron chi connectivity index (χ1n) is 16.0. The van der Waals surface area contributed by atoms with Crippen LogP contribution >= 0.6 is 0 Å². The molecule has 5 rings (SSSR count). The first-order valence-corrected chi connectivity index (χ1v) is 16.0. The summed E-state index contributed by atoms with van der Waals surface area (Å²) in [6.45, 7) is 7.31. The fourth-order valence-electron chi connectivity index (χ4n) is 5.73. The molecular weight excluding hydrogens is 592 g/mol. The molecular formula is C38H44N4O5. The van der Waals surface area contributed by atoms with Gasteiger partial charge in [-0.15, -0.1) is 0 Å². The fraction of sp³-hybridized carbons (Fsp3) is 0.316. The first kappa shape index (κ1) is 33.7. The van der Waals surface area contributed by atoms with E-state index in [-0.39, 0.29) is 24.5 Å². The SMILES string of the molecule is Cc1ccccc1Oc1ccc(CN(C)C[C@H]2Oc3c(NC(=O)C(N)c4ccccc4)cccc3C(=O)N(C(C)CO)C[C@H]2C)cc1. The summed E-state index contributed by atoms with van der Waals surface area (Å²) in [4.78, 5) is 31.0. The van der Waals surface area contributed by atoms with E-state index in [1.54, 1.807) is 35.2 Å². The number of para-hydroxylation sites is 2. The monoisotopic (exact) mass is 636 g/mol. The summed E-state index contributed by atoms with van der Waals surface area (Å²) >= 11 is 0. The van der Waals surface area contributed by atoms with Gasteiger partial charge in [0.2, 0.25) is 5.91 Å². The second-order valence-corrected chi connectivity index (χ2v) is 12.4. The van der Waals surface area contributed by atoms with Crippen LogP contribution in [0.4, 0.5) is 5.69 Å². The van der Waals surface area contributed by atoms with Gasteiger partial charge in [0.1, 0.15) is 23.6 Å². The van der Waals surface area contributed by atoms with E-state index in [1.165, 1.54) is 0 Å². The molecule has 1 heterocycles. The number of aryl methyl sites for hydroxylation is 1. The van der Waals surface area contributed by atoms with Crippen molar-refractivity contribution in [3.63, 3.8) is 0 Å². The molecule has 0 fully saturated rings. The second kappa shape index (κ2) is 15.3. The number of ether oxygens (including phenoxy) is 2. The molecule has 4 aromatic rings. The summed E-state index contributed by atoms with van der Waals surface area (Å²) in [6.07, 6.45) is -0.343. The summed E-state index contributed by atoms with van der Waals surface area (Å²) < 4.78 is 12.7. The highest BCUT2D eigenvalue weighted by Gasteiger charge is 2.35. The Hall–Kier alpha value is -4.70. The molecule has 1 aliphatic heterocycles. The smallest absolute Gasteiger partial charge is 0.258 e. The number of aliphatic hydroxyl groups is 1. The van der Waals surface area contributed by atoms with Gasteiger partial charge in [0.15, 0.2) is 5.75 Å². The molecule has 0 saturated carbocycles. The van der Waals surface area contributed by atoms with Gasteiger partial charge in [0.25, 0.3) is 5.91 Å². The van der Waals surface area contributed by atoms with Gasteiger partial charge in [0.05, 0.1) is 23.9 Å². The molecule has 0 aliphatic carbocycles. The molecule has 0 aromatic heterocycles. The summed E-state index contributed by atoms with van der Waals surface area (Å²) in [5, 5.41) is 12.9. The van der Waals surface area contributed by atoms with Gasteiger partial charge in [-0.05, 0) is 67.9 Å². The predicted octanol–water partition coefficient (Wildman–Crippen LogP) is 5.78. The number of fused-ring (bicyclic) bond motifs is 1. The summed E-state index contributed by atoms with van der Waals surface area (Å²) in [5.41, 5.74) is 9.84. The van der Waals surface area contributed by atoms with Crippen molar-refractivity contribution < 1.29 is 24.2 Å². The van der Waals surface area contributed by atoms with Crippen LogP contribution in [0.25, 0.3) is 0 Å². The van der Waals surface area contributed by atoms with E-state index in [2.05, 4.69) is 22.3 Å². The number of aliphatic hydroxyl groups excluding tert-OH is 1. The van der Waals surface area contributed by atoms with Crippen LogP contribution in [0.1, 0.15) is 46.9 Å². The molecule has 2 unspecified atom stereocenters. The van der Waals surface area contributed by atoms with Crippen molar-refractivity contribution in [1.29, 1.82) is 0 Å². The number of hydrogen-bond donors (Lipinski definition) is 3. The summed E-state index contributed by atoms with van der Waals surface area (Å²) in [7, 11) is 2.03. The molecule has 47 heavy (non-hydrogen) atoms. The van der Waals surface area contributed by atoms with Crippen LogP contribution in [0.2, 0.25) is 0 Å². The molecule has 0 bridgehead atoms. The third-order valence-corrected chi connectivity index (χ3v) is 8.58. The number of carbonyl (C=O) groups is 2. The Kier molecular flexibility index (Phi) is 10.9. The number of nitrogens with one attached hydrogen (secondary N) is 1. The third-order valence-electron chi connectivity index (χ3n) is 8.58. The van der Waals surface area contributed by atoms with Gasteiger partial charge in [-0.1, -0.05) is 73.7 Å². The van der Waals surface area contributed by atoms with Crippen molar-refractivity contribution in [2.75, 3.05) is 32.1 Å². The van der Waals surface area contributed by atoms with Gasteiger partial charge in [-0.3, -0.25) is 14.5 Å². The molecule has 4 aromatic carbocycles. The van der Waals surface area contributed by atoms with Crippen LogP contribution in [0.5, 0.6) is 17.2 Å². The molecule has 4 N–H and O–H groups in total. The van der Waals surface area contributed by atoms with Gasteiger partial charge < -0.3 is 30.5 Å². The van der Waals surface area contributed by atoms with Crippen LogP contribution in [-0.4, -0.2) is 65.6 Å². The maximum atomic E-state index is 13.8. The highest BCUT2D eigenvalue weighted by Crippen LogP contribution is 2.35. The molecule has 9 nitrogen and oxygen atoms in total. The first-order chi connectivity index (χ1) is 22.6. The van der Waals surface area contributed by atoms with E-state index in [0.29, 0.717) is 42.2 Å². The van der Waals surface area contributed by atoms with E-state index in [9.17, 15) is 14.7 Å². The number of nitrogens with zero attached hydrogens (tertiary/aromatic N) is 2. The van der Waals surface area contributed by atoms with E-state index >= 15 is 0 Å². The normalized spacial score (nSPS) is 17.6. The Balaban J connectivity index is 1.36. The molecule has 4 atom stereocenters. The van der Waals surface area contributed by atoms with Crippen molar-refractivity contribution in [2.24, 2.45) is 11.7 Å². The van der Waals surface area contributed by atoms with Crippen molar-refractivity contribution in [3.05, 3.63) is 119 Å². The number of carbonyl (C=O) groups excluding carboxylic acids is 2. The van der Waals surface area contributed by atoms with Gasteiger partial charge >= 0.3 is 0 Å². The summed E-state index contributed by atoms with van der Waals surface area (Å²) in [5.74, 6) is 1.11. The zero-order chi connectivity index (χ0) is 33.5. The number of rotatable bonds is 11. The van der Waals surface area contributed by atoms with Crippen molar-refractivity contribution in [1.82, 2.24) is 9.80 Å². The maximum absolute atomic E-state index is 13.8. The average Bonchev–Trinajstić information content (AvgIpc) is 3.08. The van der Waals surface area contributed by atoms with E-state index < -0.39 is 18.0 Å². The summed E-state index contributed by atoms with van der Waals surface area (Å²) in [6, 6.07) is 28.9. The zero-order valence-corrected chi connectivity index (χ0v) is 27.4. The van der Waals surface area contributed by atoms with E-state index in [1.807, 2.05) is 82.4 Å². The third kappa shape index (κ3) is 8.18. The molecule has 1 aliphatic rings. The molecule has 246 valence electrons. The number of anilines is 1. The Morgan fingerprint density at radius 1 is 1.04 bits per heavy atom. The number of amides is 2. The lowest BCUT2D eigenvalue weighted by molar-refractivity contribution is -0.117. The Bertz CT molecular complexity index is 1660. The Morgan fingerprint density at radius 2 is 1.74 bits per heavy atom. The van der Waals surface area contributed by atoms with Gasteiger partial charge in [-0.2, -0.15) is 0 Å². The average molecular weight is 637 g/mol. The minimum atomic E-state index is -0.906. The lowest BCUT2D eigenvalue weighted by atomic mass is 9.98. The Labute approximate surface area is 276 Å². The van der Waals surface area contributed by atoms with Crippen LogP contribution in [-0.2, 0) is 11.3 Å². The van der Waals surface area contributed by atoms with E-state index in [0.717, 1.165) is 22.6 Å². The topological polar surface area (TPSA) is 117 Å². The lowest BCUT2D eigenvalue weighted by Gasteiger charge is -2.38. The van der Waals surface area contributed by atoms with E-state index in [4.69, 9.17) is 15.2 Å². The quantitative estimate of drug-likeness (QED) is 0.191. The minimum Gasteiger partial charge on any atom is -0.486 e. The molecule has 0 radical (unpaired) electrons. The standard InChI is InChI=1S/C38H44N4O5/c1-25-11-8-9-16-33(25)46-30-19-17-28(18-20-30)22-41(4)23-34-26(2)21-42(27(3)24-43)38(45)31-14-10-15-32(36(31)47-34)40-37(44)35(39)29-12-6-5-7-13-29/h5-20,26-27,34-35,43H,21-24,39H2,1-4H3,(H,40,44)/t26-,27?,34-,35?/m1/s1. The highest BCUT2D eigenvalue weighted by atomic mass is 16.5. The second-order valence-electron chi connectivity index (χ2n) is 12.4. The Morgan fingerprint density at radius 3 is 2.45 bits per heavy atom. The molecule has 0 spiro atoms. The largest absolute Gasteiger partial charge is 0.486 e. The van der Waals surface area contributed by atoms with Crippen LogP contribution in [0.3, 0.4) is 0 Å². The van der Waals surface area contributed by atoms with Crippen LogP contribution in [0.15, 0.2) is 97.1 Å². The highest BCUT2D eigenvalue weighted by molar-refractivity contribution is 6.02. The van der Waals surface area contributed by atoms with Crippen molar-refractivity contribution in [2.45, 2.75) is 45.5 Å². The van der Waals surface area contributed by atoms with Crippen molar-refractivity contribution in [3.8, 4) is 17.2 Å². The van der Waals surface area contributed by atoms with Crippen molar-refractivity contribution >= 4 is 17.5 Å². The van der Waals surface area contributed by atoms with Gasteiger partial charge in [0, 0.05) is 25.6 Å². The number of hydrogen-bond acceptors (Lipinski definition) is 7. The lowest BCUT2D eigenvalue weighted by Crippen LogP contribution is -2.49.